The number of aromatic nitrogens is 1. The van der Waals surface area contributed by atoms with Crippen molar-refractivity contribution in [3.05, 3.63) is 60.7 Å². The zero-order valence-electron chi connectivity index (χ0n) is 14.6. The van der Waals surface area contributed by atoms with Crippen LogP contribution >= 0.6 is 0 Å². The highest BCUT2D eigenvalue weighted by Gasteiger charge is 2.09. The summed E-state index contributed by atoms with van der Waals surface area (Å²) in [7, 11) is 7.97. The van der Waals surface area contributed by atoms with E-state index in [0.29, 0.717) is 0 Å². The van der Waals surface area contributed by atoms with Crippen LogP contribution < -0.4 is 0 Å². The summed E-state index contributed by atoms with van der Waals surface area (Å²) in [5.41, 5.74) is 3.86. The SMILES string of the molecule is CN(C)C(=Nc1cccc2ccc(-c3ccccc3)nc12)N(C)C. The van der Waals surface area contributed by atoms with Gasteiger partial charge in [0, 0.05) is 39.1 Å². The first-order valence-electron chi connectivity index (χ1n) is 7.95. The first-order chi connectivity index (χ1) is 11.6. The lowest BCUT2D eigenvalue weighted by Gasteiger charge is -2.22. The molecule has 0 fully saturated rings. The summed E-state index contributed by atoms with van der Waals surface area (Å²) in [6.07, 6.45) is 0. The van der Waals surface area contributed by atoms with Crippen molar-refractivity contribution in [3.8, 4) is 11.3 Å². The Bertz CT molecular complexity index is 857. The minimum absolute atomic E-state index is 0.877. The number of hydrogen-bond acceptors (Lipinski definition) is 2. The van der Waals surface area contributed by atoms with Gasteiger partial charge in [0.05, 0.1) is 16.9 Å². The number of fused-ring (bicyclic) bond motifs is 1. The smallest absolute Gasteiger partial charge is 0.200 e. The molecule has 3 rings (SSSR count). The fourth-order valence-electron chi connectivity index (χ4n) is 2.70. The molecule has 0 amide bonds. The van der Waals surface area contributed by atoms with Gasteiger partial charge in [-0.2, -0.15) is 0 Å². The maximum absolute atomic E-state index is 4.87. The lowest BCUT2D eigenvalue weighted by molar-refractivity contribution is 0.484. The molecule has 0 unspecified atom stereocenters. The van der Waals surface area contributed by atoms with Crippen molar-refractivity contribution in [2.24, 2.45) is 4.99 Å². The number of hydrogen-bond donors (Lipinski definition) is 0. The molecule has 4 nitrogen and oxygen atoms in total. The molecular formula is C20H22N4. The Morgan fingerprint density at radius 1 is 0.792 bits per heavy atom. The van der Waals surface area contributed by atoms with Crippen LogP contribution in [0.1, 0.15) is 0 Å². The van der Waals surface area contributed by atoms with E-state index in [4.69, 9.17) is 9.98 Å². The molecule has 2 aromatic carbocycles. The van der Waals surface area contributed by atoms with E-state index in [1.807, 2.05) is 68.3 Å². The van der Waals surface area contributed by atoms with Crippen molar-refractivity contribution < 1.29 is 0 Å². The quantitative estimate of drug-likeness (QED) is 0.528. The van der Waals surface area contributed by atoms with Crippen LogP contribution in [0.4, 0.5) is 5.69 Å². The second kappa shape index (κ2) is 6.71. The molecule has 0 atom stereocenters. The number of nitrogens with zero attached hydrogens (tertiary/aromatic N) is 4. The lowest BCUT2D eigenvalue weighted by atomic mass is 10.1. The summed E-state index contributed by atoms with van der Waals surface area (Å²) in [5, 5.41) is 1.09. The molecule has 0 radical (unpaired) electrons. The van der Waals surface area contributed by atoms with Crippen LogP contribution in [0.2, 0.25) is 0 Å². The van der Waals surface area contributed by atoms with Crippen molar-refractivity contribution in [2.45, 2.75) is 0 Å². The van der Waals surface area contributed by atoms with Gasteiger partial charge in [0.15, 0.2) is 0 Å². The van der Waals surface area contributed by atoms with E-state index in [2.05, 4.69) is 30.3 Å². The average molecular weight is 318 g/mol. The molecule has 1 heterocycles. The highest BCUT2D eigenvalue weighted by atomic mass is 15.3. The number of benzene rings is 2. The van der Waals surface area contributed by atoms with Crippen molar-refractivity contribution in [2.75, 3.05) is 28.2 Å². The molecular weight excluding hydrogens is 296 g/mol. The van der Waals surface area contributed by atoms with Gasteiger partial charge in [-0.15, -0.1) is 0 Å². The molecule has 0 aliphatic heterocycles. The minimum Gasteiger partial charge on any atom is -0.349 e. The van der Waals surface area contributed by atoms with E-state index in [9.17, 15) is 0 Å². The zero-order chi connectivity index (χ0) is 17.1. The maximum Gasteiger partial charge on any atom is 0.200 e. The Morgan fingerprint density at radius 3 is 2.17 bits per heavy atom. The number of guanidine groups is 1. The largest absolute Gasteiger partial charge is 0.349 e. The third-order valence-electron chi connectivity index (χ3n) is 3.79. The minimum atomic E-state index is 0.877. The van der Waals surface area contributed by atoms with Crippen LogP contribution in [0, 0.1) is 0 Å². The summed E-state index contributed by atoms with van der Waals surface area (Å²) in [6.45, 7) is 0. The number of aliphatic imine (C=N–C) groups is 1. The first-order valence-corrected chi connectivity index (χ1v) is 7.95. The van der Waals surface area contributed by atoms with Crippen LogP contribution in [0.25, 0.3) is 22.2 Å². The van der Waals surface area contributed by atoms with Gasteiger partial charge >= 0.3 is 0 Å². The number of pyridine rings is 1. The Morgan fingerprint density at radius 2 is 1.50 bits per heavy atom. The molecule has 0 bridgehead atoms. The highest BCUT2D eigenvalue weighted by Crippen LogP contribution is 2.28. The fourth-order valence-corrected chi connectivity index (χ4v) is 2.70. The van der Waals surface area contributed by atoms with Gasteiger partial charge in [-0.25, -0.2) is 9.98 Å². The molecule has 3 aromatic rings. The molecule has 0 aliphatic carbocycles. The topological polar surface area (TPSA) is 31.7 Å². The van der Waals surface area contributed by atoms with Crippen LogP contribution in [0.3, 0.4) is 0 Å². The van der Waals surface area contributed by atoms with Gasteiger partial charge in [-0.1, -0.05) is 48.5 Å². The van der Waals surface area contributed by atoms with Gasteiger partial charge < -0.3 is 9.80 Å². The molecule has 0 saturated heterocycles. The summed E-state index contributed by atoms with van der Waals surface area (Å²) in [5.74, 6) is 0.884. The lowest BCUT2D eigenvalue weighted by Crippen LogP contribution is -2.35. The van der Waals surface area contributed by atoms with Crippen molar-refractivity contribution in [1.29, 1.82) is 0 Å². The second-order valence-corrected chi connectivity index (χ2v) is 6.11. The fraction of sp³-hybridized carbons (Fsp3) is 0.200. The van der Waals surface area contributed by atoms with E-state index in [0.717, 1.165) is 33.8 Å². The highest BCUT2D eigenvalue weighted by molar-refractivity contribution is 5.94. The van der Waals surface area contributed by atoms with Gasteiger partial charge in [-0.05, 0) is 12.1 Å². The molecule has 0 spiro atoms. The van der Waals surface area contributed by atoms with Crippen molar-refractivity contribution in [3.63, 3.8) is 0 Å². The molecule has 122 valence electrons. The van der Waals surface area contributed by atoms with Crippen LogP contribution in [-0.4, -0.2) is 48.9 Å². The average Bonchev–Trinajstić information content (AvgIpc) is 2.59. The second-order valence-electron chi connectivity index (χ2n) is 6.11. The Balaban J connectivity index is 2.17. The predicted molar refractivity (Wildman–Crippen MR) is 102 cm³/mol. The number of para-hydroxylation sites is 1. The van der Waals surface area contributed by atoms with Crippen LogP contribution in [0.5, 0.6) is 0 Å². The summed E-state index contributed by atoms with van der Waals surface area (Å²) < 4.78 is 0. The molecule has 1 aromatic heterocycles. The van der Waals surface area contributed by atoms with E-state index >= 15 is 0 Å². The first kappa shape index (κ1) is 16.0. The molecule has 4 heteroatoms. The van der Waals surface area contributed by atoms with Gasteiger partial charge in [-0.3, -0.25) is 0 Å². The molecule has 0 aliphatic rings. The van der Waals surface area contributed by atoms with E-state index < -0.39 is 0 Å². The summed E-state index contributed by atoms with van der Waals surface area (Å²) in [4.78, 5) is 13.7. The van der Waals surface area contributed by atoms with Crippen LogP contribution in [-0.2, 0) is 0 Å². The maximum atomic E-state index is 4.87. The summed E-state index contributed by atoms with van der Waals surface area (Å²) >= 11 is 0. The molecule has 0 saturated carbocycles. The normalized spacial score (nSPS) is 10.5. The van der Waals surface area contributed by atoms with Crippen molar-refractivity contribution in [1.82, 2.24) is 14.8 Å². The summed E-state index contributed by atoms with van der Waals surface area (Å²) in [6, 6.07) is 20.5. The van der Waals surface area contributed by atoms with Crippen molar-refractivity contribution >= 4 is 22.5 Å². The van der Waals surface area contributed by atoms with E-state index in [1.54, 1.807) is 0 Å². The Hall–Kier alpha value is -2.88. The Kier molecular flexibility index (Phi) is 4.47. The van der Waals surface area contributed by atoms with Crippen LogP contribution in [0.15, 0.2) is 65.7 Å². The zero-order valence-corrected chi connectivity index (χ0v) is 14.6. The monoisotopic (exact) mass is 318 g/mol. The standard InChI is InChI=1S/C20H22N4/c1-23(2)20(24(3)4)22-18-12-8-11-16-13-14-17(21-19(16)18)15-9-6-5-7-10-15/h5-14H,1-4H3. The number of rotatable bonds is 2. The third kappa shape index (κ3) is 3.23. The third-order valence-corrected chi connectivity index (χ3v) is 3.79. The van der Waals surface area contributed by atoms with Gasteiger partial charge in [0.25, 0.3) is 0 Å². The molecule has 0 N–H and O–H groups in total. The molecule has 24 heavy (non-hydrogen) atoms. The van der Waals surface area contributed by atoms with E-state index in [1.165, 1.54) is 0 Å². The van der Waals surface area contributed by atoms with Gasteiger partial charge in [0.2, 0.25) is 5.96 Å². The predicted octanol–water partition coefficient (Wildman–Crippen LogP) is 4.01. The van der Waals surface area contributed by atoms with E-state index in [-0.39, 0.29) is 0 Å². The van der Waals surface area contributed by atoms with Gasteiger partial charge in [0.1, 0.15) is 0 Å². The Labute approximate surface area is 143 Å².